The molecule has 0 amide bonds. The summed E-state index contributed by atoms with van der Waals surface area (Å²) in [5, 5.41) is 0. The maximum absolute atomic E-state index is 12.6. The van der Waals surface area contributed by atoms with Crippen LogP contribution in [0.25, 0.3) is 0 Å². The summed E-state index contributed by atoms with van der Waals surface area (Å²) >= 11 is 0. The molecule has 13 heavy (non-hydrogen) atoms. The van der Waals surface area contributed by atoms with Crippen LogP contribution in [-0.4, -0.2) is 12.5 Å². The highest BCUT2D eigenvalue weighted by molar-refractivity contribution is 4.83. The van der Waals surface area contributed by atoms with Gasteiger partial charge in [0, 0.05) is 12.0 Å². The smallest absolute Gasteiger partial charge is 0.241 e. The van der Waals surface area contributed by atoms with Crippen LogP contribution in [-0.2, 0) is 0 Å². The van der Waals surface area contributed by atoms with Crippen molar-refractivity contribution in [3.05, 3.63) is 0 Å². The highest BCUT2D eigenvalue weighted by atomic mass is 19.3. The lowest BCUT2D eigenvalue weighted by Crippen LogP contribution is -2.36. The Morgan fingerprint density at radius 3 is 2.62 bits per heavy atom. The van der Waals surface area contributed by atoms with E-state index in [0.717, 1.165) is 25.7 Å². The molecule has 1 fully saturated rings. The number of halogens is 2. The molecule has 1 saturated carbocycles. The summed E-state index contributed by atoms with van der Waals surface area (Å²) in [5.41, 5.74) is 5.69. The van der Waals surface area contributed by atoms with E-state index in [2.05, 4.69) is 6.92 Å². The molecule has 78 valence electrons. The van der Waals surface area contributed by atoms with Gasteiger partial charge in [0.2, 0.25) is 6.43 Å². The molecule has 0 radical (unpaired) electrons. The summed E-state index contributed by atoms with van der Waals surface area (Å²) in [4.78, 5) is 0. The van der Waals surface area contributed by atoms with Crippen LogP contribution in [0.1, 0.15) is 39.0 Å². The highest BCUT2D eigenvalue weighted by Crippen LogP contribution is 2.36. The second kappa shape index (κ2) is 4.89. The van der Waals surface area contributed by atoms with Crippen molar-refractivity contribution in [1.82, 2.24) is 0 Å². The van der Waals surface area contributed by atoms with Gasteiger partial charge in [-0.25, -0.2) is 8.78 Å². The van der Waals surface area contributed by atoms with Gasteiger partial charge in [-0.3, -0.25) is 0 Å². The van der Waals surface area contributed by atoms with Crippen LogP contribution in [0.3, 0.4) is 0 Å². The van der Waals surface area contributed by atoms with Gasteiger partial charge in [-0.2, -0.15) is 0 Å². The maximum atomic E-state index is 12.6. The summed E-state index contributed by atoms with van der Waals surface area (Å²) < 4.78 is 25.2. The van der Waals surface area contributed by atoms with Crippen molar-refractivity contribution in [2.24, 2.45) is 17.6 Å². The first kappa shape index (κ1) is 10.9. The van der Waals surface area contributed by atoms with E-state index in [1.165, 1.54) is 0 Å². The third kappa shape index (κ3) is 2.90. The molecule has 0 saturated heterocycles. The molecule has 1 aliphatic rings. The van der Waals surface area contributed by atoms with E-state index >= 15 is 0 Å². The molecule has 1 rings (SSSR count). The Kier molecular flexibility index (Phi) is 4.10. The molecular formula is C10H19F2N. The molecule has 0 aromatic carbocycles. The first-order chi connectivity index (χ1) is 6.15. The first-order valence-corrected chi connectivity index (χ1v) is 5.18. The maximum Gasteiger partial charge on any atom is 0.241 e. The van der Waals surface area contributed by atoms with E-state index in [1.807, 2.05) is 0 Å². The van der Waals surface area contributed by atoms with Crippen LogP contribution in [0.15, 0.2) is 0 Å². The van der Waals surface area contributed by atoms with Gasteiger partial charge in [-0.15, -0.1) is 0 Å². The monoisotopic (exact) mass is 191 g/mol. The van der Waals surface area contributed by atoms with Crippen molar-refractivity contribution >= 4 is 0 Å². The van der Waals surface area contributed by atoms with Gasteiger partial charge in [0.05, 0.1) is 0 Å². The van der Waals surface area contributed by atoms with Gasteiger partial charge < -0.3 is 5.73 Å². The lowest BCUT2D eigenvalue weighted by molar-refractivity contribution is 0.0134. The van der Waals surface area contributed by atoms with Crippen molar-refractivity contribution in [2.75, 3.05) is 0 Å². The van der Waals surface area contributed by atoms with Crippen molar-refractivity contribution in [2.45, 2.75) is 51.5 Å². The SMILES string of the molecule is CCCC1CCC(N)CC1C(F)F. The standard InChI is InChI=1S/C10H19F2N/c1-2-3-7-4-5-8(13)6-9(7)10(11)12/h7-10H,2-6,13H2,1H3. The van der Waals surface area contributed by atoms with E-state index < -0.39 is 12.3 Å². The molecule has 0 bridgehead atoms. The summed E-state index contributed by atoms with van der Waals surface area (Å²) in [7, 11) is 0. The van der Waals surface area contributed by atoms with Crippen LogP contribution in [0.4, 0.5) is 8.78 Å². The third-order valence-electron chi connectivity index (χ3n) is 3.07. The largest absolute Gasteiger partial charge is 0.328 e. The fourth-order valence-corrected chi connectivity index (χ4v) is 2.34. The topological polar surface area (TPSA) is 26.0 Å². The molecule has 0 aromatic heterocycles. The fourth-order valence-electron chi connectivity index (χ4n) is 2.34. The lowest BCUT2D eigenvalue weighted by Gasteiger charge is -2.34. The quantitative estimate of drug-likeness (QED) is 0.729. The average molecular weight is 191 g/mol. The Morgan fingerprint density at radius 1 is 1.38 bits per heavy atom. The molecule has 3 heteroatoms. The van der Waals surface area contributed by atoms with Gasteiger partial charge in [-0.1, -0.05) is 19.8 Å². The van der Waals surface area contributed by atoms with Crippen molar-refractivity contribution in [1.29, 1.82) is 0 Å². The molecule has 0 heterocycles. The number of alkyl halides is 2. The van der Waals surface area contributed by atoms with Crippen LogP contribution in [0.2, 0.25) is 0 Å². The van der Waals surface area contributed by atoms with Gasteiger partial charge in [0.25, 0.3) is 0 Å². The fraction of sp³-hybridized carbons (Fsp3) is 1.00. The first-order valence-electron chi connectivity index (χ1n) is 5.18. The van der Waals surface area contributed by atoms with E-state index in [9.17, 15) is 8.78 Å². The van der Waals surface area contributed by atoms with E-state index in [0.29, 0.717) is 6.42 Å². The second-order valence-corrected chi connectivity index (χ2v) is 4.12. The second-order valence-electron chi connectivity index (χ2n) is 4.12. The predicted molar refractivity (Wildman–Crippen MR) is 49.7 cm³/mol. The Hall–Kier alpha value is -0.180. The molecule has 0 aromatic rings. The van der Waals surface area contributed by atoms with Gasteiger partial charge in [0.1, 0.15) is 0 Å². The minimum absolute atomic E-state index is 0.00658. The van der Waals surface area contributed by atoms with E-state index in [-0.39, 0.29) is 12.0 Å². The number of hydrogen-bond acceptors (Lipinski definition) is 1. The molecule has 1 aliphatic carbocycles. The lowest BCUT2D eigenvalue weighted by atomic mass is 9.75. The zero-order valence-corrected chi connectivity index (χ0v) is 8.18. The summed E-state index contributed by atoms with van der Waals surface area (Å²) in [6, 6.07) is 0.00658. The average Bonchev–Trinajstić information content (AvgIpc) is 2.08. The Balaban J connectivity index is 2.50. The van der Waals surface area contributed by atoms with Gasteiger partial charge in [-0.05, 0) is 25.2 Å². The molecule has 3 atom stereocenters. The Morgan fingerprint density at radius 2 is 2.08 bits per heavy atom. The zero-order valence-electron chi connectivity index (χ0n) is 8.18. The van der Waals surface area contributed by atoms with Crippen LogP contribution < -0.4 is 5.73 Å². The number of nitrogens with two attached hydrogens (primary N) is 1. The Labute approximate surface area is 78.7 Å². The normalized spacial score (nSPS) is 35.3. The van der Waals surface area contributed by atoms with E-state index in [1.54, 1.807) is 0 Å². The van der Waals surface area contributed by atoms with Crippen molar-refractivity contribution in [3.8, 4) is 0 Å². The Bertz CT molecular complexity index is 150. The van der Waals surface area contributed by atoms with Crippen molar-refractivity contribution in [3.63, 3.8) is 0 Å². The third-order valence-corrected chi connectivity index (χ3v) is 3.07. The summed E-state index contributed by atoms with van der Waals surface area (Å²) in [6.07, 6.45) is 2.09. The molecule has 2 N–H and O–H groups in total. The van der Waals surface area contributed by atoms with Crippen LogP contribution >= 0.6 is 0 Å². The molecule has 0 aliphatic heterocycles. The highest BCUT2D eigenvalue weighted by Gasteiger charge is 2.34. The van der Waals surface area contributed by atoms with Crippen molar-refractivity contribution < 1.29 is 8.78 Å². The van der Waals surface area contributed by atoms with Crippen LogP contribution in [0.5, 0.6) is 0 Å². The molecule has 0 spiro atoms. The van der Waals surface area contributed by atoms with Crippen LogP contribution in [0, 0.1) is 11.8 Å². The zero-order chi connectivity index (χ0) is 9.84. The molecule has 3 unspecified atom stereocenters. The number of rotatable bonds is 3. The summed E-state index contributed by atoms with van der Waals surface area (Å²) in [5.74, 6) is -0.228. The molecular weight excluding hydrogens is 172 g/mol. The summed E-state index contributed by atoms with van der Waals surface area (Å²) in [6.45, 7) is 2.05. The number of hydrogen-bond donors (Lipinski definition) is 1. The predicted octanol–water partition coefficient (Wildman–Crippen LogP) is 2.80. The van der Waals surface area contributed by atoms with Gasteiger partial charge in [0.15, 0.2) is 0 Å². The van der Waals surface area contributed by atoms with E-state index in [4.69, 9.17) is 5.73 Å². The molecule has 1 nitrogen and oxygen atoms in total. The minimum atomic E-state index is -2.18. The van der Waals surface area contributed by atoms with Gasteiger partial charge >= 0.3 is 0 Å². The minimum Gasteiger partial charge on any atom is -0.328 e.